The number of rotatable bonds is 3. The SMILES string of the molecule is CC(C)CN1C(=O)CC(c2cccc(N)c2)CC1=O. The van der Waals surface area contributed by atoms with Crippen LogP contribution in [-0.4, -0.2) is 23.3 Å². The molecule has 1 aromatic carbocycles. The number of likely N-dealkylation sites (tertiary alicyclic amines) is 1. The highest BCUT2D eigenvalue weighted by Gasteiger charge is 2.33. The fourth-order valence-corrected chi connectivity index (χ4v) is 2.47. The number of carbonyl (C=O) groups excluding carboxylic acids is 2. The molecule has 2 amide bonds. The molecule has 4 nitrogen and oxygen atoms in total. The molecule has 0 aromatic heterocycles. The largest absolute Gasteiger partial charge is 0.399 e. The summed E-state index contributed by atoms with van der Waals surface area (Å²) in [5, 5.41) is 0. The van der Waals surface area contributed by atoms with Gasteiger partial charge in [-0.3, -0.25) is 14.5 Å². The van der Waals surface area contributed by atoms with E-state index in [1.807, 2.05) is 32.0 Å². The van der Waals surface area contributed by atoms with Crippen molar-refractivity contribution in [3.8, 4) is 0 Å². The molecule has 1 aromatic rings. The number of anilines is 1. The Hall–Kier alpha value is -1.84. The number of piperidine rings is 1. The number of carbonyl (C=O) groups is 2. The van der Waals surface area contributed by atoms with Crippen molar-refractivity contribution in [3.63, 3.8) is 0 Å². The third-order valence-corrected chi connectivity index (χ3v) is 3.37. The van der Waals surface area contributed by atoms with Gasteiger partial charge in [0.05, 0.1) is 0 Å². The fraction of sp³-hybridized carbons (Fsp3) is 0.467. The van der Waals surface area contributed by atoms with Crippen LogP contribution in [0.2, 0.25) is 0 Å². The van der Waals surface area contributed by atoms with Crippen LogP contribution in [0.1, 0.15) is 38.2 Å². The Morgan fingerprint density at radius 1 is 1.26 bits per heavy atom. The molecule has 4 heteroatoms. The maximum Gasteiger partial charge on any atom is 0.229 e. The maximum atomic E-state index is 12.1. The van der Waals surface area contributed by atoms with Gasteiger partial charge in [0, 0.05) is 31.0 Å². The van der Waals surface area contributed by atoms with E-state index in [1.165, 1.54) is 4.90 Å². The van der Waals surface area contributed by atoms with Gasteiger partial charge in [-0.05, 0) is 23.6 Å². The van der Waals surface area contributed by atoms with Crippen LogP contribution in [0.4, 0.5) is 5.69 Å². The van der Waals surface area contributed by atoms with Crippen molar-refractivity contribution in [3.05, 3.63) is 29.8 Å². The van der Waals surface area contributed by atoms with Gasteiger partial charge in [-0.2, -0.15) is 0 Å². The van der Waals surface area contributed by atoms with E-state index in [0.717, 1.165) is 5.56 Å². The minimum absolute atomic E-state index is 0.0353. The number of hydrogen-bond acceptors (Lipinski definition) is 3. The fourth-order valence-electron chi connectivity index (χ4n) is 2.47. The van der Waals surface area contributed by atoms with Gasteiger partial charge in [0.1, 0.15) is 0 Å². The number of nitrogens with two attached hydrogens (primary N) is 1. The Morgan fingerprint density at radius 2 is 1.89 bits per heavy atom. The molecule has 19 heavy (non-hydrogen) atoms. The van der Waals surface area contributed by atoms with E-state index in [9.17, 15) is 9.59 Å². The van der Waals surface area contributed by atoms with Crippen molar-refractivity contribution in [1.29, 1.82) is 0 Å². The lowest BCUT2D eigenvalue weighted by Gasteiger charge is -2.31. The summed E-state index contributed by atoms with van der Waals surface area (Å²) in [7, 11) is 0. The third-order valence-electron chi connectivity index (χ3n) is 3.37. The van der Waals surface area contributed by atoms with Gasteiger partial charge in [0.25, 0.3) is 0 Å². The van der Waals surface area contributed by atoms with Crippen LogP contribution in [0.3, 0.4) is 0 Å². The normalized spacial score (nSPS) is 17.3. The second kappa shape index (κ2) is 5.43. The summed E-state index contributed by atoms with van der Waals surface area (Å²) in [6.07, 6.45) is 0.782. The molecule has 0 aliphatic carbocycles. The second-order valence-corrected chi connectivity index (χ2v) is 5.57. The van der Waals surface area contributed by atoms with Gasteiger partial charge >= 0.3 is 0 Å². The first-order chi connectivity index (χ1) is 8.97. The van der Waals surface area contributed by atoms with Crippen LogP contribution in [0, 0.1) is 5.92 Å². The van der Waals surface area contributed by atoms with Gasteiger partial charge in [-0.15, -0.1) is 0 Å². The molecule has 0 saturated carbocycles. The van der Waals surface area contributed by atoms with Crippen molar-refractivity contribution in [2.24, 2.45) is 5.92 Å². The predicted octanol–water partition coefficient (Wildman–Crippen LogP) is 2.16. The summed E-state index contributed by atoms with van der Waals surface area (Å²) >= 11 is 0. The molecule has 0 spiro atoms. The van der Waals surface area contributed by atoms with E-state index in [4.69, 9.17) is 5.73 Å². The minimum atomic E-state index is -0.0719. The molecule has 2 N–H and O–H groups in total. The molecule has 0 bridgehead atoms. The van der Waals surface area contributed by atoms with Gasteiger partial charge in [0.2, 0.25) is 11.8 Å². The van der Waals surface area contributed by atoms with Gasteiger partial charge in [-0.1, -0.05) is 26.0 Å². The lowest BCUT2D eigenvalue weighted by atomic mass is 9.88. The lowest BCUT2D eigenvalue weighted by Crippen LogP contribution is -2.44. The van der Waals surface area contributed by atoms with Gasteiger partial charge in [-0.25, -0.2) is 0 Å². The minimum Gasteiger partial charge on any atom is -0.399 e. The van der Waals surface area contributed by atoms with Crippen LogP contribution in [0.25, 0.3) is 0 Å². The average Bonchev–Trinajstić information content (AvgIpc) is 2.33. The molecule has 1 saturated heterocycles. The van der Waals surface area contributed by atoms with Crippen LogP contribution >= 0.6 is 0 Å². The van der Waals surface area contributed by atoms with Gasteiger partial charge in [0.15, 0.2) is 0 Å². The number of nitrogens with zero attached hydrogens (tertiary/aromatic N) is 1. The first-order valence-electron chi connectivity index (χ1n) is 6.66. The average molecular weight is 260 g/mol. The highest BCUT2D eigenvalue weighted by atomic mass is 16.2. The molecule has 0 atom stereocenters. The van der Waals surface area contributed by atoms with Crippen molar-refractivity contribution < 1.29 is 9.59 Å². The molecule has 1 aliphatic heterocycles. The van der Waals surface area contributed by atoms with Crippen LogP contribution < -0.4 is 5.73 Å². The molecular formula is C15H20N2O2. The molecule has 1 aliphatic rings. The third kappa shape index (κ3) is 3.13. The Labute approximate surface area is 113 Å². The van der Waals surface area contributed by atoms with Crippen molar-refractivity contribution in [2.75, 3.05) is 12.3 Å². The summed E-state index contributed by atoms with van der Waals surface area (Å²) in [5.41, 5.74) is 7.39. The second-order valence-electron chi connectivity index (χ2n) is 5.57. The number of nitrogen functional groups attached to an aromatic ring is 1. The van der Waals surface area contributed by atoms with E-state index < -0.39 is 0 Å². The predicted molar refractivity (Wildman–Crippen MR) is 74.4 cm³/mol. The number of imide groups is 1. The highest BCUT2D eigenvalue weighted by Crippen LogP contribution is 2.30. The molecule has 102 valence electrons. The quantitative estimate of drug-likeness (QED) is 0.669. The summed E-state index contributed by atoms with van der Waals surface area (Å²) in [6.45, 7) is 4.52. The highest BCUT2D eigenvalue weighted by molar-refractivity contribution is 5.98. The zero-order valence-electron chi connectivity index (χ0n) is 11.4. The van der Waals surface area contributed by atoms with E-state index in [1.54, 1.807) is 6.07 Å². The molecule has 1 fully saturated rings. The summed E-state index contributed by atoms with van der Waals surface area (Å²) in [5.74, 6) is 0.124. The van der Waals surface area contributed by atoms with Crippen molar-refractivity contribution in [2.45, 2.75) is 32.6 Å². The first-order valence-corrected chi connectivity index (χ1v) is 6.66. The molecule has 1 heterocycles. The van der Waals surface area contributed by atoms with Crippen LogP contribution in [0.5, 0.6) is 0 Å². The molecule has 2 rings (SSSR count). The lowest BCUT2D eigenvalue weighted by molar-refractivity contribution is -0.149. The molecule has 0 radical (unpaired) electrons. The Bertz CT molecular complexity index is 479. The topological polar surface area (TPSA) is 63.4 Å². The van der Waals surface area contributed by atoms with E-state index >= 15 is 0 Å². The first kappa shape index (κ1) is 13.6. The number of hydrogen-bond donors (Lipinski definition) is 1. The van der Waals surface area contributed by atoms with Gasteiger partial charge < -0.3 is 5.73 Å². The standard InChI is InChI=1S/C15H20N2O2/c1-10(2)9-17-14(18)7-12(8-15(17)19)11-4-3-5-13(16)6-11/h3-6,10,12H,7-9,16H2,1-2H3. The van der Waals surface area contributed by atoms with Crippen molar-refractivity contribution >= 4 is 17.5 Å². The summed E-state index contributed by atoms with van der Waals surface area (Å²) in [4.78, 5) is 25.6. The van der Waals surface area contributed by atoms with E-state index in [0.29, 0.717) is 31.0 Å². The number of benzene rings is 1. The zero-order chi connectivity index (χ0) is 14.0. The van der Waals surface area contributed by atoms with Crippen LogP contribution in [-0.2, 0) is 9.59 Å². The Balaban J connectivity index is 2.13. The zero-order valence-corrected chi connectivity index (χ0v) is 11.4. The Morgan fingerprint density at radius 3 is 2.42 bits per heavy atom. The summed E-state index contributed by atoms with van der Waals surface area (Å²) < 4.78 is 0. The Kier molecular flexibility index (Phi) is 3.88. The summed E-state index contributed by atoms with van der Waals surface area (Å²) in [6, 6.07) is 7.45. The number of amides is 2. The maximum absolute atomic E-state index is 12.1. The van der Waals surface area contributed by atoms with E-state index in [2.05, 4.69) is 0 Å². The smallest absolute Gasteiger partial charge is 0.229 e. The van der Waals surface area contributed by atoms with E-state index in [-0.39, 0.29) is 17.7 Å². The monoisotopic (exact) mass is 260 g/mol. The molecular weight excluding hydrogens is 240 g/mol. The van der Waals surface area contributed by atoms with Crippen molar-refractivity contribution in [1.82, 2.24) is 4.90 Å². The van der Waals surface area contributed by atoms with Crippen LogP contribution in [0.15, 0.2) is 24.3 Å². The molecule has 0 unspecified atom stereocenters.